The number of H-pyrrole nitrogens is 1. The molecule has 0 saturated heterocycles. The number of aliphatic carboxylic acids is 2. The molecule has 0 bridgehead atoms. The minimum atomic E-state index is -1.27. The molecule has 1 atom stereocenters. The van der Waals surface area contributed by atoms with Gasteiger partial charge in [0.1, 0.15) is 10.9 Å². The lowest BCUT2D eigenvalue weighted by molar-refractivity contribution is -0.140. The van der Waals surface area contributed by atoms with Crippen LogP contribution in [-0.2, 0) is 22.4 Å². The maximum atomic E-state index is 12.3. The molecule has 3 aromatic heterocycles. The molecular formula is C19H20N4O6S2. The molecule has 3 heterocycles. The largest absolute Gasteiger partial charge is 0.481 e. The fraction of sp³-hybridized carbons (Fsp3) is 0.316. The van der Waals surface area contributed by atoms with Gasteiger partial charge in [0.05, 0.1) is 10.3 Å². The van der Waals surface area contributed by atoms with Crippen molar-refractivity contribution in [3.8, 4) is 0 Å². The second kappa shape index (κ2) is 9.71. The molecule has 0 aliphatic carbocycles. The maximum absolute atomic E-state index is 12.3. The number of anilines is 1. The third-order valence-electron chi connectivity index (χ3n) is 4.45. The van der Waals surface area contributed by atoms with E-state index in [4.69, 9.17) is 15.9 Å². The predicted molar refractivity (Wildman–Crippen MR) is 117 cm³/mol. The van der Waals surface area contributed by atoms with E-state index in [-0.39, 0.29) is 24.3 Å². The van der Waals surface area contributed by atoms with Crippen LogP contribution in [0.1, 0.15) is 38.7 Å². The molecule has 164 valence electrons. The number of aryl methyl sites for hydroxylation is 2. The summed E-state index contributed by atoms with van der Waals surface area (Å²) in [6, 6.07) is 3.98. The summed E-state index contributed by atoms with van der Waals surface area (Å²) in [7, 11) is 0. The number of nitrogens with zero attached hydrogens (tertiary/aromatic N) is 1. The van der Waals surface area contributed by atoms with E-state index < -0.39 is 23.9 Å². The first-order valence-corrected chi connectivity index (χ1v) is 11.0. The molecule has 0 aromatic carbocycles. The number of thiophene rings is 2. The molecule has 31 heavy (non-hydrogen) atoms. The molecule has 0 radical (unpaired) electrons. The van der Waals surface area contributed by atoms with E-state index in [0.717, 1.165) is 22.6 Å². The zero-order chi connectivity index (χ0) is 22.5. The lowest BCUT2D eigenvalue weighted by Gasteiger charge is -2.12. The lowest BCUT2D eigenvalue weighted by atomic mass is 10.1. The van der Waals surface area contributed by atoms with Crippen molar-refractivity contribution >= 4 is 56.7 Å². The summed E-state index contributed by atoms with van der Waals surface area (Å²) >= 11 is 2.68. The minimum absolute atomic E-state index is 0.0865. The van der Waals surface area contributed by atoms with Gasteiger partial charge in [-0.2, -0.15) is 0 Å². The van der Waals surface area contributed by atoms with Gasteiger partial charge in [0.15, 0.2) is 0 Å². The van der Waals surface area contributed by atoms with Crippen LogP contribution in [0, 0.1) is 0 Å². The monoisotopic (exact) mass is 464 g/mol. The van der Waals surface area contributed by atoms with Crippen molar-refractivity contribution in [1.82, 2.24) is 15.3 Å². The Labute approximate surface area is 183 Å². The minimum Gasteiger partial charge on any atom is -0.481 e. The van der Waals surface area contributed by atoms with Crippen molar-refractivity contribution in [3.63, 3.8) is 0 Å². The SMILES string of the molecule is Nc1nc2sc(CCCc3ccc(C(=O)N[C@@H](CCC(=O)O)C(=O)O)s3)cc2c(=O)[nH]1. The third-order valence-corrected chi connectivity index (χ3v) is 6.69. The number of hydrogen-bond acceptors (Lipinski definition) is 8. The van der Waals surface area contributed by atoms with Gasteiger partial charge in [-0.25, -0.2) is 9.78 Å². The summed E-state index contributed by atoms with van der Waals surface area (Å²) in [4.78, 5) is 55.6. The van der Waals surface area contributed by atoms with Gasteiger partial charge in [0.25, 0.3) is 11.5 Å². The Hall–Kier alpha value is -3.25. The Morgan fingerprint density at radius 3 is 2.61 bits per heavy atom. The van der Waals surface area contributed by atoms with Crippen molar-refractivity contribution in [2.24, 2.45) is 0 Å². The standard InChI is InChI=1S/C19H20N4O6S2/c20-19-22-15(26)11-8-10(31-17(11)23-19)3-1-2-9-4-6-13(30-9)16(27)21-12(18(28)29)5-7-14(24)25/h4,6,8,12H,1-3,5,7H2,(H,21,27)(H,24,25)(H,28,29)(H3,20,22,23,26)/t12-/m0/s1. The van der Waals surface area contributed by atoms with E-state index in [0.29, 0.717) is 21.5 Å². The third kappa shape index (κ3) is 5.89. The van der Waals surface area contributed by atoms with E-state index in [1.54, 1.807) is 6.07 Å². The van der Waals surface area contributed by atoms with Gasteiger partial charge in [0, 0.05) is 16.2 Å². The van der Waals surface area contributed by atoms with Gasteiger partial charge < -0.3 is 21.3 Å². The zero-order valence-electron chi connectivity index (χ0n) is 16.2. The fourth-order valence-corrected chi connectivity index (χ4v) is 4.98. The van der Waals surface area contributed by atoms with Crippen molar-refractivity contribution < 1.29 is 24.6 Å². The van der Waals surface area contributed by atoms with E-state index in [1.807, 2.05) is 12.1 Å². The van der Waals surface area contributed by atoms with Gasteiger partial charge in [-0.1, -0.05) is 0 Å². The average Bonchev–Trinajstić information content (AvgIpc) is 3.31. The highest BCUT2D eigenvalue weighted by Gasteiger charge is 2.22. The summed E-state index contributed by atoms with van der Waals surface area (Å²) in [5.74, 6) is -2.85. The van der Waals surface area contributed by atoms with Crippen LogP contribution in [0.25, 0.3) is 10.2 Å². The van der Waals surface area contributed by atoms with Crippen LogP contribution in [-0.4, -0.2) is 44.1 Å². The highest BCUT2D eigenvalue weighted by atomic mass is 32.1. The first kappa shape index (κ1) is 22.4. The second-order valence-corrected chi connectivity index (χ2v) is 9.08. The molecule has 0 aliphatic heterocycles. The molecule has 0 spiro atoms. The number of nitrogens with one attached hydrogen (secondary N) is 2. The van der Waals surface area contributed by atoms with Crippen LogP contribution >= 0.6 is 22.7 Å². The predicted octanol–water partition coefficient (Wildman–Crippen LogP) is 1.85. The van der Waals surface area contributed by atoms with Crippen molar-refractivity contribution in [3.05, 3.63) is 43.2 Å². The summed E-state index contributed by atoms with van der Waals surface area (Å²) in [6.45, 7) is 0. The Balaban J connectivity index is 1.55. The summed E-state index contributed by atoms with van der Waals surface area (Å²) < 4.78 is 0. The molecule has 0 unspecified atom stereocenters. The molecule has 6 N–H and O–H groups in total. The normalized spacial score (nSPS) is 12.0. The second-order valence-electron chi connectivity index (χ2n) is 6.80. The maximum Gasteiger partial charge on any atom is 0.326 e. The molecular weight excluding hydrogens is 444 g/mol. The molecule has 3 aromatic rings. The van der Waals surface area contributed by atoms with Gasteiger partial charge in [-0.15, -0.1) is 22.7 Å². The first-order chi connectivity index (χ1) is 14.7. The Bertz CT molecular complexity index is 1180. The molecule has 1 amide bonds. The lowest BCUT2D eigenvalue weighted by Crippen LogP contribution is -2.40. The highest BCUT2D eigenvalue weighted by Crippen LogP contribution is 2.24. The van der Waals surface area contributed by atoms with Crippen LogP contribution < -0.4 is 16.6 Å². The smallest absolute Gasteiger partial charge is 0.326 e. The van der Waals surface area contributed by atoms with E-state index >= 15 is 0 Å². The quantitative estimate of drug-likeness (QED) is 0.302. The Morgan fingerprint density at radius 1 is 1.16 bits per heavy atom. The summed E-state index contributed by atoms with van der Waals surface area (Å²) in [5.41, 5.74) is 5.30. The Morgan fingerprint density at radius 2 is 1.90 bits per heavy atom. The number of rotatable bonds is 10. The van der Waals surface area contributed by atoms with E-state index in [1.165, 1.54) is 22.7 Å². The summed E-state index contributed by atoms with van der Waals surface area (Å²) in [5, 5.41) is 20.7. The summed E-state index contributed by atoms with van der Waals surface area (Å²) in [6.07, 6.45) is 1.69. The van der Waals surface area contributed by atoms with E-state index in [2.05, 4.69) is 15.3 Å². The number of carbonyl (C=O) groups excluding carboxylic acids is 1. The van der Waals surface area contributed by atoms with Gasteiger partial charge >= 0.3 is 11.9 Å². The molecule has 12 heteroatoms. The number of fused-ring (bicyclic) bond motifs is 1. The van der Waals surface area contributed by atoms with Crippen LogP contribution in [0.5, 0.6) is 0 Å². The zero-order valence-corrected chi connectivity index (χ0v) is 17.8. The van der Waals surface area contributed by atoms with Crippen LogP contribution in [0.4, 0.5) is 5.95 Å². The van der Waals surface area contributed by atoms with Crippen LogP contribution in [0.3, 0.4) is 0 Å². The number of hydrogen-bond donors (Lipinski definition) is 5. The van der Waals surface area contributed by atoms with E-state index in [9.17, 15) is 19.2 Å². The number of carboxylic acids is 2. The highest BCUT2D eigenvalue weighted by molar-refractivity contribution is 7.18. The van der Waals surface area contributed by atoms with Gasteiger partial charge in [-0.05, 0) is 43.9 Å². The number of amides is 1. The fourth-order valence-electron chi connectivity index (χ4n) is 2.95. The van der Waals surface area contributed by atoms with Crippen LogP contribution in [0.15, 0.2) is 23.0 Å². The van der Waals surface area contributed by atoms with Crippen molar-refractivity contribution in [2.45, 2.75) is 38.1 Å². The molecule has 0 aliphatic rings. The number of carbonyl (C=O) groups is 3. The molecule has 3 rings (SSSR count). The first-order valence-electron chi connectivity index (χ1n) is 9.35. The number of aromatic amines is 1. The number of carboxylic acid groups (broad SMARTS) is 2. The van der Waals surface area contributed by atoms with Crippen molar-refractivity contribution in [2.75, 3.05) is 5.73 Å². The number of aromatic nitrogens is 2. The Kier molecular flexibility index (Phi) is 7.02. The topological polar surface area (TPSA) is 175 Å². The number of nitrogens with two attached hydrogens (primary N) is 1. The van der Waals surface area contributed by atoms with Crippen LogP contribution in [0.2, 0.25) is 0 Å². The molecule has 0 fully saturated rings. The molecule has 0 saturated carbocycles. The molecule has 10 nitrogen and oxygen atoms in total. The number of nitrogen functional groups attached to an aromatic ring is 1. The van der Waals surface area contributed by atoms with Gasteiger partial charge in [-0.3, -0.25) is 19.4 Å². The van der Waals surface area contributed by atoms with Gasteiger partial charge in [0.2, 0.25) is 5.95 Å². The van der Waals surface area contributed by atoms with Crippen molar-refractivity contribution in [1.29, 1.82) is 0 Å². The average molecular weight is 465 g/mol.